The standard InChI is InChI=1S/C14H17BrN2/c1-2-16-8-3-13(4-9-16)14-5-10-17(11-6-14)12-7-15/h3-6,8-11H,2,7,12H2,1H3/q+2. The minimum absolute atomic E-state index is 0.985. The van der Waals surface area contributed by atoms with E-state index < -0.39 is 0 Å². The van der Waals surface area contributed by atoms with Crippen LogP contribution in [-0.4, -0.2) is 5.33 Å². The minimum atomic E-state index is 0.985. The fourth-order valence-corrected chi connectivity index (χ4v) is 2.17. The van der Waals surface area contributed by atoms with Crippen molar-refractivity contribution >= 4 is 15.9 Å². The van der Waals surface area contributed by atoms with Crippen LogP contribution in [0.5, 0.6) is 0 Å². The lowest BCUT2D eigenvalue weighted by Gasteiger charge is -2.00. The van der Waals surface area contributed by atoms with Crippen LogP contribution in [0.2, 0.25) is 0 Å². The smallest absolute Gasteiger partial charge is 0.169 e. The van der Waals surface area contributed by atoms with Crippen molar-refractivity contribution in [3.63, 3.8) is 0 Å². The topological polar surface area (TPSA) is 7.76 Å². The number of rotatable bonds is 4. The van der Waals surface area contributed by atoms with Gasteiger partial charge in [0.1, 0.15) is 6.54 Å². The third-order valence-electron chi connectivity index (χ3n) is 2.82. The van der Waals surface area contributed by atoms with Gasteiger partial charge in [-0.1, -0.05) is 15.9 Å². The van der Waals surface area contributed by atoms with E-state index in [1.165, 1.54) is 11.1 Å². The number of nitrogens with zero attached hydrogens (tertiary/aromatic N) is 2. The second-order valence-electron chi connectivity index (χ2n) is 3.93. The first-order valence-corrected chi connectivity index (χ1v) is 7.00. The van der Waals surface area contributed by atoms with Gasteiger partial charge < -0.3 is 0 Å². The predicted octanol–water partition coefficient (Wildman–Crippen LogP) is 2.34. The highest BCUT2D eigenvalue weighted by molar-refractivity contribution is 9.09. The van der Waals surface area contributed by atoms with Crippen molar-refractivity contribution in [2.45, 2.75) is 20.0 Å². The highest BCUT2D eigenvalue weighted by Crippen LogP contribution is 2.15. The van der Waals surface area contributed by atoms with Crippen molar-refractivity contribution in [2.75, 3.05) is 5.33 Å². The Balaban J connectivity index is 2.20. The fourth-order valence-electron chi connectivity index (χ4n) is 1.76. The third-order valence-corrected chi connectivity index (χ3v) is 3.18. The zero-order valence-corrected chi connectivity index (χ0v) is 11.6. The van der Waals surface area contributed by atoms with Gasteiger partial charge in [-0.2, -0.15) is 0 Å². The van der Waals surface area contributed by atoms with Gasteiger partial charge in [0, 0.05) is 24.3 Å². The van der Waals surface area contributed by atoms with Gasteiger partial charge in [0.15, 0.2) is 31.3 Å². The van der Waals surface area contributed by atoms with Gasteiger partial charge in [-0.25, -0.2) is 9.13 Å². The Morgan fingerprint density at radius 2 is 1.35 bits per heavy atom. The first kappa shape index (κ1) is 12.2. The van der Waals surface area contributed by atoms with Crippen LogP contribution >= 0.6 is 15.9 Å². The molecular formula is C14H17BrN2+2. The number of halogens is 1. The SMILES string of the molecule is CC[n+]1ccc(-c2cc[n+](CCBr)cc2)cc1. The Kier molecular flexibility index (Phi) is 4.26. The summed E-state index contributed by atoms with van der Waals surface area (Å²) in [5, 5.41) is 0.985. The molecule has 2 heterocycles. The molecule has 2 rings (SSSR count). The molecule has 0 aliphatic rings. The van der Waals surface area contributed by atoms with E-state index >= 15 is 0 Å². The van der Waals surface area contributed by atoms with Crippen LogP contribution in [-0.2, 0) is 13.1 Å². The highest BCUT2D eigenvalue weighted by atomic mass is 79.9. The van der Waals surface area contributed by atoms with Gasteiger partial charge >= 0.3 is 0 Å². The number of hydrogen-bond donors (Lipinski definition) is 0. The van der Waals surface area contributed by atoms with Gasteiger partial charge in [0.2, 0.25) is 0 Å². The van der Waals surface area contributed by atoms with E-state index in [-0.39, 0.29) is 0 Å². The lowest BCUT2D eigenvalue weighted by molar-refractivity contribution is -0.693. The van der Waals surface area contributed by atoms with E-state index in [2.05, 4.69) is 81.0 Å². The molecule has 0 fully saturated rings. The molecule has 0 amide bonds. The summed E-state index contributed by atoms with van der Waals surface area (Å²) in [6.07, 6.45) is 8.48. The van der Waals surface area contributed by atoms with Gasteiger partial charge in [0.05, 0.1) is 5.33 Å². The molecule has 0 aliphatic carbocycles. The molecule has 3 heteroatoms. The molecule has 88 valence electrons. The molecule has 0 bridgehead atoms. The van der Waals surface area contributed by atoms with Crippen molar-refractivity contribution in [2.24, 2.45) is 0 Å². The van der Waals surface area contributed by atoms with Crippen LogP contribution in [0.3, 0.4) is 0 Å². The Bertz CT molecular complexity index is 463. The van der Waals surface area contributed by atoms with Gasteiger partial charge in [-0.3, -0.25) is 0 Å². The van der Waals surface area contributed by atoms with E-state index in [0.717, 1.165) is 18.4 Å². The molecule has 17 heavy (non-hydrogen) atoms. The quantitative estimate of drug-likeness (QED) is 0.604. The normalized spacial score (nSPS) is 10.5. The lowest BCUT2D eigenvalue weighted by atomic mass is 10.1. The van der Waals surface area contributed by atoms with E-state index in [0.29, 0.717) is 0 Å². The maximum atomic E-state index is 3.44. The summed E-state index contributed by atoms with van der Waals surface area (Å²) in [7, 11) is 0. The largest absolute Gasteiger partial charge is 0.205 e. The van der Waals surface area contributed by atoms with Crippen molar-refractivity contribution in [1.29, 1.82) is 0 Å². The summed E-state index contributed by atoms with van der Waals surface area (Å²) in [4.78, 5) is 0. The summed E-state index contributed by atoms with van der Waals surface area (Å²) in [6, 6.07) is 8.64. The summed E-state index contributed by atoms with van der Waals surface area (Å²) < 4.78 is 4.34. The minimum Gasteiger partial charge on any atom is -0.205 e. The summed E-state index contributed by atoms with van der Waals surface area (Å²) in [5.41, 5.74) is 2.53. The number of alkyl halides is 1. The Morgan fingerprint density at radius 1 is 0.882 bits per heavy atom. The van der Waals surface area contributed by atoms with Crippen molar-refractivity contribution in [1.82, 2.24) is 0 Å². The molecule has 0 saturated carbocycles. The molecule has 0 unspecified atom stereocenters. The number of aromatic nitrogens is 2. The summed E-state index contributed by atoms with van der Waals surface area (Å²) >= 11 is 3.44. The Hall–Kier alpha value is -1.22. The second kappa shape index (κ2) is 5.92. The van der Waals surface area contributed by atoms with Gasteiger partial charge in [0.25, 0.3) is 0 Å². The number of hydrogen-bond acceptors (Lipinski definition) is 0. The van der Waals surface area contributed by atoms with Crippen LogP contribution < -0.4 is 9.13 Å². The van der Waals surface area contributed by atoms with E-state index in [4.69, 9.17) is 0 Å². The zero-order valence-electron chi connectivity index (χ0n) is 10.0. The molecule has 0 saturated heterocycles. The maximum absolute atomic E-state index is 3.44. The van der Waals surface area contributed by atoms with Crippen LogP contribution in [0, 0.1) is 0 Å². The molecule has 0 radical (unpaired) electrons. The molecule has 0 aromatic carbocycles. The Morgan fingerprint density at radius 3 is 1.76 bits per heavy atom. The monoisotopic (exact) mass is 292 g/mol. The van der Waals surface area contributed by atoms with Crippen LogP contribution in [0.1, 0.15) is 6.92 Å². The maximum Gasteiger partial charge on any atom is 0.169 e. The third kappa shape index (κ3) is 3.13. The van der Waals surface area contributed by atoms with Crippen molar-refractivity contribution in [3.05, 3.63) is 49.1 Å². The number of pyridine rings is 2. The highest BCUT2D eigenvalue weighted by Gasteiger charge is 2.03. The average Bonchev–Trinajstić information content (AvgIpc) is 2.40. The zero-order chi connectivity index (χ0) is 12.1. The predicted molar refractivity (Wildman–Crippen MR) is 71.7 cm³/mol. The molecule has 2 nitrogen and oxygen atoms in total. The summed E-state index contributed by atoms with van der Waals surface area (Å²) in [5.74, 6) is 0. The molecule has 2 aromatic heterocycles. The first-order chi connectivity index (χ1) is 8.33. The van der Waals surface area contributed by atoms with Crippen molar-refractivity contribution < 1.29 is 9.13 Å². The van der Waals surface area contributed by atoms with Crippen molar-refractivity contribution in [3.8, 4) is 11.1 Å². The Labute approximate surface area is 111 Å². The van der Waals surface area contributed by atoms with E-state index in [9.17, 15) is 0 Å². The second-order valence-corrected chi connectivity index (χ2v) is 4.72. The summed E-state index contributed by atoms with van der Waals surface area (Å²) in [6.45, 7) is 4.16. The van der Waals surface area contributed by atoms with E-state index in [1.54, 1.807) is 0 Å². The molecular weight excluding hydrogens is 276 g/mol. The van der Waals surface area contributed by atoms with Crippen LogP contribution in [0.15, 0.2) is 49.1 Å². The van der Waals surface area contributed by atoms with Crippen LogP contribution in [0.25, 0.3) is 11.1 Å². The van der Waals surface area contributed by atoms with Gasteiger partial charge in [-0.05, 0) is 18.1 Å². The lowest BCUT2D eigenvalue weighted by Crippen LogP contribution is -2.33. The first-order valence-electron chi connectivity index (χ1n) is 5.88. The van der Waals surface area contributed by atoms with Gasteiger partial charge in [-0.15, -0.1) is 0 Å². The molecule has 0 spiro atoms. The molecule has 0 aliphatic heterocycles. The molecule has 0 atom stereocenters. The molecule has 2 aromatic rings. The fraction of sp³-hybridized carbons (Fsp3) is 0.286. The molecule has 0 N–H and O–H groups in total. The average molecular weight is 293 g/mol. The number of aryl methyl sites for hydroxylation is 2. The van der Waals surface area contributed by atoms with E-state index in [1.807, 2.05) is 0 Å². The van der Waals surface area contributed by atoms with Crippen LogP contribution in [0.4, 0.5) is 0 Å².